The van der Waals surface area contributed by atoms with E-state index in [0.29, 0.717) is 0 Å². The molecule has 0 aliphatic rings. The van der Waals surface area contributed by atoms with Crippen LogP contribution in [0.3, 0.4) is 0 Å². The van der Waals surface area contributed by atoms with Crippen LogP contribution in [0, 0.1) is 5.92 Å². The van der Waals surface area contributed by atoms with Gasteiger partial charge in [0.2, 0.25) is 0 Å². The summed E-state index contributed by atoms with van der Waals surface area (Å²) in [6.07, 6.45) is 0. The number of carboxylic acids is 1. The van der Waals surface area contributed by atoms with Crippen molar-refractivity contribution in [3.05, 3.63) is 0 Å². The summed E-state index contributed by atoms with van der Waals surface area (Å²) in [4.78, 5) is 10.4. The van der Waals surface area contributed by atoms with E-state index < -0.39 is 19.3 Å². The van der Waals surface area contributed by atoms with Crippen LogP contribution in [0.4, 0.5) is 0 Å². The SMILES string of the molecule is CC(C)[C@H](NB(O)O)C(=O)O. The lowest BCUT2D eigenvalue weighted by atomic mass is 9.99. The summed E-state index contributed by atoms with van der Waals surface area (Å²) in [5.41, 5.74) is 0. The molecular weight excluding hydrogens is 149 g/mol. The van der Waals surface area contributed by atoms with Crippen LogP contribution in [0.2, 0.25) is 0 Å². The van der Waals surface area contributed by atoms with Crippen molar-refractivity contribution in [1.82, 2.24) is 5.23 Å². The quantitative estimate of drug-likeness (QED) is 0.383. The molecule has 0 fully saturated rings. The first-order valence-corrected chi connectivity index (χ1v) is 3.30. The van der Waals surface area contributed by atoms with Crippen LogP contribution in [-0.2, 0) is 4.79 Å². The van der Waals surface area contributed by atoms with Gasteiger partial charge in [-0.3, -0.25) is 10.0 Å². The Labute approximate surface area is 65.2 Å². The summed E-state index contributed by atoms with van der Waals surface area (Å²) in [6.45, 7) is 3.35. The summed E-state index contributed by atoms with van der Waals surface area (Å²) >= 11 is 0. The minimum absolute atomic E-state index is 0.186. The maximum Gasteiger partial charge on any atom is 0.549 e. The Morgan fingerprint density at radius 3 is 2.00 bits per heavy atom. The molecule has 0 bridgehead atoms. The molecular formula is C5H12BNO4. The molecule has 0 aromatic rings. The number of hydrogen-bond donors (Lipinski definition) is 4. The lowest BCUT2D eigenvalue weighted by molar-refractivity contribution is -0.140. The van der Waals surface area contributed by atoms with Gasteiger partial charge in [0.15, 0.2) is 0 Å². The van der Waals surface area contributed by atoms with E-state index >= 15 is 0 Å². The topological polar surface area (TPSA) is 89.8 Å². The van der Waals surface area contributed by atoms with Crippen molar-refractivity contribution < 1.29 is 19.9 Å². The summed E-state index contributed by atoms with van der Waals surface area (Å²) < 4.78 is 0. The van der Waals surface area contributed by atoms with Gasteiger partial charge in [0, 0.05) is 0 Å². The van der Waals surface area contributed by atoms with Crippen molar-refractivity contribution in [2.45, 2.75) is 19.9 Å². The van der Waals surface area contributed by atoms with Crippen molar-refractivity contribution in [3.63, 3.8) is 0 Å². The maximum atomic E-state index is 10.4. The third-order valence-corrected chi connectivity index (χ3v) is 1.26. The molecule has 0 spiro atoms. The average Bonchev–Trinajstić information content (AvgIpc) is 1.81. The van der Waals surface area contributed by atoms with Crippen molar-refractivity contribution in [2.75, 3.05) is 0 Å². The highest BCUT2D eigenvalue weighted by molar-refractivity contribution is 6.38. The molecule has 5 nitrogen and oxygen atoms in total. The molecule has 0 aromatic heterocycles. The minimum atomic E-state index is -1.78. The third kappa shape index (κ3) is 3.97. The van der Waals surface area contributed by atoms with E-state index in [0.717, 1.165) is 0 Å². The van der Waals surface area contributed by atoms with Gasteiger partial charge in [0.1, 0.15) is 6.04 Å². The molecule has 11 heavy (non-hydrogen) atoms. The number of carbonyl (C=O) groups is 1. The van der Waals surface area contributed by atoms with E-state index in [1.54, 1.807) is 13.8 Å². The Balaban J connectivity index is 4.01. The Morgan fingerprint density at radius 2 is 1.91 bits per heavy atom. The third-order valence-electron chi connectivity index (χ3n) is 1.26. The second kappa shape index (κ2) is 4.33. The number of nitrogens with one attached hydrogen (secondary N) is 1. The largest absolute Gasteiger partial charge is 0.549 e. The van der Waals surface area contributed by atoms with Gasteiger partial charge in [0.25, 0.3) is 0 Å². The standard InChI is InChI=1S/C5H12BNO4/c1-3(2)4(5(8)9)7-6(10)11/h3-4,7,10-11H,1-2H3,(H,8,9)/t4-/m0/s1. The number of carboxylic acid groups (broad SMARTS) is 1. The predicted octanol–water partition coefficient (Wildman–Crippen LogP) is -1.35. The normalized spacial score (nSPS) is 13.2. The van der Waals surface area contributed by atoms with Gasteiger partial charge in [-0.25, -0.2) is 0 Å². The van der Waals surface area contributed by atoms with Crippen molar-refractivity contribution in [2.24, 2.45) is 5.92 Å². The highest BCUT2D eigenvalue weighted by atomic mass is 16.4. The van der Waals surface area contributed by atoms with E-state index in [4.69, 9.17) is 15.2 Å². The Hall–Kier alpha value is -0.585. The van der Waals surface area contributed by atoms with Crippen molar-refractivity contribution in [1.29, 1.82) is 0 Å². The monoisotopic (exact) mass is 161 g/mol. The second-order valence-electron chi connectivity index (χ2n) is 2.60. The first kappa shape index (κ1) is 10.4. The zero-order valence-electron chi connectivity index (χ0n) is 6.48. The molecule has 0 aliphatic heterocycles. The van der Waals surface area contributed by atoms with E-state index in [1.807, 2.05) is 0 Å². The molecule has 0 unspecified atom stereocenters. The van der Waals surface area contributed by atoms with Gasteiger partial charge in [0.05, 0.1) is 0 Å². The molecule has 4 N–H and O–H groups in total. The molecule has 0 rings (SSSR count). The van der Waals surface area contributed by atoms with Crippen LogP contribution in [0.25, 0.3) is 0 Å². The lowest BCUT2D eigenvalue weighted by Gasteiger charge is -2.16. The number of hydrogen-bond acceptors (Lipinski definition) is 4. The van der Waals surface area contributed by atoms with Gasteiger partial charge >= 0.3 is 13.2 Å². The Bertz CT molecular complexity index is 138. The molecule has 0 heterocycles. The predicted molar refractivity (Wildman–Crippen MR) is 39.6 cm³/mol. The van der Waals surface area contributed by atoms with Gasteiger partial charge in [-0.1, -0.05) is 13.8 Å². The zero-order chi connectivity index (χ0) is 9.02. The van der Waals surface area contributed by atoms with Crippen LogP contribution in [0.15, 0.2) is 0 Å². The average molecular weight is 161 g/mol. The van der Waals surface area contributed by atoms with E-state index in [9.17, 15) is 4.79 Å². The van der Waals surface area contributed by atoms with Crippen LogP contribution in [0.5, 0.6) is 0 Å². The molecule has 0 saturated heterocycles. The molecule has 6 heteroatoms. The van der Waals surface area contributed by atoms with Crippen LogP contribution in [-0.4, -0.2) is 34.4 Å². The fourth-order valence-corrected chi connectivity index (χ4v) is 0.709. The molecule has 1 atom stereocenters. The smallest absolute Gasteiger partial charge is 0.480 e. The fourth-order valence-electron chi connectivity index (χ4n) is 0.709. The summed E-state index contributed by atoms with van der Waals surface area (Å²) in [5, 5.41) is 27.4. The lowest BCUT2D eigenvalue weighted by Crippen LogP contribution is -2.49. The minimum Gasteiger partial charge on any atom is -0.480 e. The first-order chi connectivity index (χ1) is 4.95. The van der Waals surface area contributed by atoms with E-state index in [2.05, 4.69) is 5.23 Å². The Kier molecular flexibility index (Phi) is 4.10. The van der Waals surface area contributed by atoms with Crippen molar-refractivity contribution >= 4 is 13.2 Å². The highest BCUT2D eigenvalue weighted by Gasteiger charge is 2.25. The second-order valence-corrected chi connectivity index (χ2v) is 2.60. The molecule has 0 radical (unpaired) electrons. The van der Waals surface area contributed by atoms with Gasteiger partial charge in [-0.2, -0.15) is 0 Å². The number of rotatable bonds is 4. The number of aliphatic carboxylic acids is 1. The van der Waals surface area contributed by atoms with Gasteiger partial charge in [-0.05, 0) is 5.92 Å². The first-order valence-electron chi connectivity index (χ1n) is 3.30. The molecule has 0 amide bonds. The molecule has 64 valence electrons. The fraction of sp³-hybridized carbons (Fsp3) is 0.800. The van der Waals surface area contributed by atoms with E-state index in [-0.39, 0.29) is 5.92 Å². The summed E-state index contributed by atoms with van der Waals surface area (Å²) in [5.74, 6) is -1.28. The summed E-state index contributed by atoms with van der Waals surface area (Å²) in [7, 11) is -1.78. The Morgan fingerprint density at radius 1 is 1.45 bits per heavy atom. The van der Waals surface area contributed by atoms with E-state index in [1.165, 1.54) is 0 Å². The summed E-state index contributed by atoms with van der Waals surface area (Å²) in [6, 6.07) is -0.921. The maximum absolute atomic E-state index is 10.4. The molecule has 0 aromatic carbocycles. The van der Waals surface area contributed by atoms with Crippen LogP contribution < -0.4 is 5.23 Å². The van der Waals surface area contributed by atoms with Crippen molar-refractivity contribution in [3.8, 4) is 0 Å². The molecule has 0 aliphatic carbocycles. The zero-order valence-corrected chi connectivity index (χ0v) is 6.48. The van der Waals surface area contributed by atoms with Gasteiger partial charge in [-0.15, -0.1) is 0 Å². The highest BCUT2D eigenvalue weighted by Crippen LogP contribution is 2.00. The van der Waals surface area contributed by atoms with Gasteiger partial charge < -0.3 is 15.2 Å². The van der Waals surface area contributed by atoms with Crippen LogP contribution in [0.1, 0.15) is 13.8 Å². The molecule has 0 saturated carbocycles. The van der Waals surface area contributed by atoms with Crippen LogP contribution >= 0.6 is 0 Å².